The molecule has 1 aromatic rings. The summed E-state index contributed by atoms with van der Waals surface area (Å²) in [6, 6.07) is 7.84. The first-order chi connectivity index (χ1) is 9.27. The highest BCUT2D eigenvalue weighted by Gasteiger charge is 2.01. The van der Waals surface area contributed by atoms with Crippen LogP contribution in [0.1, 0.15) is 18.4 Å². The Kier molecular flexibility index (Phi) is 8.23. The first-order valence-corrected chi connectivity index (χ1v) is 7.07. The molecule has 0 spiro atoms. The van der Waals surface area contributed by atoms with E-state index in [1.165, 1.54) is 0 Å². The first-order valence-electron chi connectivity index (χ1n) is 6.28. The smallest absolute Gasteiger partial charge is 0.101 e. The fourth-order valence-electron chi connectivity index (χ4n) is 1.56. The molecule has 0 fully saturated rings. The summed E-state index contributed by atoms with van der Waals surface area (Å²) in [5.41, 5.74) is 1.54. The molecule has 104 valence electrons. The number of anilines is 1. The predicted molar refractivity (Wildman–Crippen MR) is 79.3 cm³/mol. The van der Waals surface area contributed by atoms with E-state index < -0.39 is 0 Å². The number of benzene rings is 1. The van der Waals surface area contributed by atoms with Gasteiger partial charge in [-0.3, -0.25) is 0 Å². The lowest BCUT2D eigenvalue weighted by molar-refractivity contribution is 0.0691. The zero-order chi connectivity index (χ0) is 13.9. The van der Waals surface area contributed by atoms with Crippen LogP contribution in [-0.4, -0.2) is 33.5 Å². The van der Waals surface area contributed by atoms with Gasteiger partial charge in [0.25, 0.3) is 0 Å². The monoisotopic (exact) mass is 326 g/mol. The summed E-state index contributed by atoms with van der Waals surface area (Å²) in [5, 5.41) is 12.3. The second-order valence-electron chi connectivity index (χ2n) is 4.04. The fourth-order valence-corrected chi connectivity index (χ4v) is 1.92. The van der Waals surface area contributed by atoms with Gasteiger partial charge < -0.3 is 14.8 Å². The van der Waals surface area contributed by atoms with Gasteiger partial charge in [0, 0.05) is 24.7 Å². The lowest BCUT2D eigenvalue weighted by atomic mass is 10.2. The van der Waals surface area contributed by atoms with Gasteiger partial charge in [-0.15, -0.1) is 0 Å². The molecule has 1 aromatic carbocycles. The number of nitriles is 1. The molecule has 0 aromatic heterocycles. The van der Waals surface area contributed by atoms with Gasteiger partial charge >= 0.3 is 0 Å². The van der Waals surface area contributed by atoms with Crippen molar-refractivity contribution in [1.82, 2.24) is 0 Å². The first kappa shape index (κ1) is 16.0. The Balaban J connectivity index is 2.18. The van der Waals surface area contributed by atoms with Gasteiger partial charge in [0.2, 0.25) is 0 Å². The van der Waals surface area contributed by atoms with Crippen LogP contribution in [0.5, 0.6) is 0 Å². The van der Waals surface area contributed by atoms with Gasteiger partial charge in [0.15, 0.2) is 0 Å². The number of ether oxygens (including phenoxy) is 2. The summed E-state index contributed by atoms with van der Waals surface area (Å²) in [5.74, 6) is 0. The summed E-state index contributed by atoms with van der Waals surface area (Å²) < 4.78 is 11.2. The molecule has 0 aliphatic carbocycles. The van der Waals surface area contributed by atoms with Crippen LogP contribution >= 0.6 is 15.9 Å². The van der Waals surface area contributed by atoms with E-state index in [1.54, 1.807) is 7.11 Å². The second-order valence-corrected chi connectivity index (χ2v) is 4.96. The SMILES string of the molecule is COCCOCCCCNc1ccc(Br)cc1C#N. The molecule has 1 N–H and O–H groups in total. The van der Waals surface area contributed by atoms with Crippen molar-refractivity contribution in [2.24, 2.45) is 0 Å². The summed E-state index contributed by atoms with van der Waals surface area (Å²) in [6.07, 6.45) is 2.00. The van der Waals surface area contributed by atoms with Crippen LogP contribution in [0.2, 0.25) is 0 Å². The Hall–Kier alpha value is -1.09. The Morgan fingerprint density at radius 2 is 2.11 bits per heavy atom. The van der Waals surface area contributed by atoms with E-state index in [4.69, 9.17) is 14.7 Å². The zero-order valence-corrected chi connectivity index (χ0v) is 12.7. The van der Waals surface area contributed by atoms with Crippen LogP contribution in [0.4, 0.5) is 5.69 Å². The van der Waals surface area contributed by atoms with Crippen LogP contribution < -0.4 is 5.32 Å². The van der Waals surface area contributed by atoms with E-state index in [0.717, 1.165) is 36.2 Å². The van der Waals surface area contributed by atoms with Crippen molar-refractivity contribution in [3.05, 3.63) is 28.2 Å². The number of hydrogen-bond acceptors (Lipinski definition) is 4. The average Bonchev–Trinajstić information content (AvgIpc) is 2.43. The molecule has 0 amide bonds. The third kappa shape index (κ3) is 6.58. The lowest BCUT2D eigenvalue weighted by Crippen LogP contribution is -2.06. The topological polar surface area (TPSA) is 54.3 Å². The third-order valence-electron chi connectivity index (χ3n) is 2.56. The summed E-state index contributed by atoms with van der Waals surface area (Å²) in [6.45, 7) is 2.87. The molecular formula is C14H19BrN2O2. The quantitative estimate of drug-likeness (QED) is 0.708. The normalized spacial score (nSPS) is 10.2. The standard InChI is InChI=1S/C14H19BrN2O2/c1-18-8-9-19-7-3-2-6-17-14-5-4-13(15)10-12(14)11-16/h4-5,10,17H,2-3,6-9H2,1H3. The Labute approximate surface area is 122 Å². The molecule has 0 unspecified atom stereocenters. The molecule has 1 rings (SSSR count). The van der Waals surface area contributed by atoms with Crippen LogP contribution in [0.25, 0.3) is 0 Å². The maximum Gasteiger partial charge on any atom is 0.101 e. The van der Waals surface area contributed by atoms with Gasteiger partial charge in [0.05, 0.1) is 24.5 Å². The van der Waals surface area contributed by atoms with E-state index in [9.17, 15) is 0 Å². The third-order valence-corrected chi connectivity index (χ3v) is 3.06. The fraction of sp³-hybridized carbons (Fsp3) is 0.500. The van der Waals surface area contributed by atoms with Crippen LogP contribution in [0.3, 0.4) is 0 Å². The molecule has 0 aliphatic rings. The van der Waals surface area contributed by atoms with Gasteiger partial charge in [-0.05, 0) is 31.0 Å². The molecule has 0 saturated heterocycles. The molecule has 4 nitrogen and oxygen atoms in total. The molecule has 0 radical (unpaired) electrons. The van der Waals surface area contributed by atoms with Gasteiger partial charge in [0.1, 0.15) is 6.07 Å². The van der Waals surface area contributed by atoms with Crippen molar-refractivity contribution in [1.29, 1.82) is 5.26 Å². The van der Waals surface area contributed by atoms with Crippen LogP contribution in [0.15, 0.2) is 22.7 Å². The highest BCUT2D eigenvalue weighted by atomic mass is 79.9. The predicted octanol–water partition coefficient (Wildman–Crippen LogP) is 3.18. The molecular weight excluding hydrogens is 308 g/mol. The van der Waals surface area contributed by atoms with Gasteiger partial charge in [-0.25, -0.2) is 0 Å². The lowest BCUT2D eigenvalue weighted by Gasteiger charge is -2.08. The molecule has 19 heavy (non-hydrogen) atoms. The van der Waals surface area contributed by atoms with Crippen molar-refractivity contribution in [3.8, 4) is 6.07 Å². The minimum Gasteiger partial charge on any atom is -0.384 e. The number of nitrogens with one attached hydrogen (secondary N) is 1. The maximum atomic E-state index is 9.02. The number of halogens is 1. The van der Waals surface area contributed by atoms with Crippen LogP contribution in [-0.2, 0) is 9.47 Å². The minimum absolute atomic E-state index is 0.642. The highest BCUT2D eigenvalue weighted by molar-refractivity contribution is 9.10. The van der Waals surface area contributed by atoms with E-state index in [-0.39, 0.29) is 0 Å². The van der Waals surface area contributed by atoms with Gasteiger partial charge in [-0.1, -0.05) is 15.9 Å². The van der Waals surface area contributed by atoms with Gasteiger partial charge in [-0.2, -0.15) is 5.26 Å². The molecule has 5 heteroatoms. The largest absolute Gasteiger partial charge is 0.384 e. The average molecular weight is 327 g/mol. The molecule has 0 bridgehead atoms. The van der Waals surface area contributed by atoms with E-state index in [0.29, 0.717) is 18.8 Å². The van der Waals surface area contributed by atoms with Crippen molar-refractivity contribution in [3.63, 3.8) is 0 Å². The van der Waals surface area contributed by atoms with Crippen molar-refractivity contribution in [2.45, 2.75) is 12.8 Å². The summed E-state index contributed by atoms with van der Waals surface area (Å²) in [4.78, 5) is 0. The molecule has 0 aliphatic heterocycles. The Morgan fingerprint density at radius 3 is 2.84 bits per heavy atom. The van der Waals surface area contributed by atoms with Crippen LogP contribution in [0, 0.1) is 11.3 Å². The van der Waals surface area contributed by atoms with E-state index >= 15 is 0 Å². The van der Waals surface area contributed by atoms with E-state index in [1.807, 2.05) is 18.2 Å². The van der Waals surface area contributed by atoms with Crippen molar-refractivity contribution < 1.29 is 9.47 Å². The number of methoxy groups -OCH3 is 1. The number of hydrogen-bond donors (Lipinski definition) is 1. The Morgan fingerprint density at radius 1 is 1.26 bits per heavy atom. The number of rotatable bonds is 9. The van der Waals surface area contributed by atoms with Crippen molar-refractivity contribution >= 4 is 21.6 Å². The molecule has 0 heterocycles. The maximum absolute atomic E-state index is 9.02. The van der Waals surface area contributed by atoms with Crippen molar-refractivity contribution in [2.75, 3.05) is 38.8 Å². The number of unbranched alkanes of at least 4 members (excludes halogenated alkanes) is 1. The summed E-state index contributed by atoms with van der Waals surface area (Å²) >= 11 is 3.35. The Bertz CT molecular complexity index is 418. The highest BCUT2D eigenvalue weighted by Crippen LogP contribution is 2.20. The second kappa shape index (κ2) is 9.79. The zero-order valence-electron chi connectivity index (χ0n) is 11.1. The molecule has 0 atom stereocenters. The van der Waals surface area contributed by atoms with E-state index in [2.05, 4.69) is 27.3 Å². The number of nitrogens with zero attached hydrogens (tertiary/aromatic N) is 1. The summed E-state index contributed by atoms with van der Waals surface area (Å²) in [7, 11) is 1.66. The molecule has 0 saturated carbocycles. The minimum atomic E-state index is 0.642.